The highest BCUT2D eigenvalue weighted by Crippen LogP contribution is 2.33. The maximum atomic E-state index is 12.4. The van der Waals surface area contributed by atoms with E-state index in [9.17, 15) is 4.79 Å². The van der Waals surface area contributed by atoms with Gasteiger partial charge in [-0.1, -0.05) is 19.6 Å². The van der Waals surface area contributed by atoms with E-state index in [1.807, 2.05) is 4.57 Å². The topological polar surface area (TPSA) is 88.6 Å². The van der Waals surface area contributed by atoms with Gasteiger partial charge in [0.15, 0.2) is 0 Å². The molecule has 3 heterocycles. The summed E-state index contributed by atoms with van der Waals surface area (Å²) in [6.45, 7) is 10.9. The van der Waals surface area contributed by atoms with Crippen LogP contribution in [0.2, 0.25) is 25.7 Å². The molecule has 0 saturated heterocycles. The van der Waals surface area contributed by atoms with Gasteiger partial charge in [-0.05, 0) is 19.0 Å². The van der Waals surface area contributed by atoms with Crippen molar-refractivity contribution in [1.82, 2.24) is 9.55 Å². The van der Waals surface area contributed by atoms with E-state index < -0.39 is 8.07 Å². The van der Waals surface area contributed by atoms with E-state index in [0.29, 0.717) is 43.5 Å². The highest BCUT2D eigenvalue weighted by Gasteiger charge is 2.26. The Morgan fingerprint density at radius 2 is 2.08 bits per heavy atom. The lowest BCUT2D eigenvalue weighted by atomic mass is 10.1. The van der Waals surface area contributed by atoms with Crippen molar-refractivity contribution in [1.29, 1.82) is 0 Å². The predicted octanol–water partition coefficient (Wildman–Crippen LogP) is 3.14. The van der Waals surface area contributed by atoms with Crippen LogP contribution in [0.5, 0.6) is 0 Å². The summed E-state index contributed by atoms with van der Waals surface area (Å²) in [4.78, 5) is 16.9. The van der Waals surface area contributed by atoms with E-state index in [2.05, 4.69) is 24.6 Å². The van der Waals surface area contributed by atoms with Gasteiger partial charge >= 0.3 is 5.97 Å². The molecule has 8 heteroatoms. The number of rotatable bonds is 7. The lowest BCUT2D eigenvalue weighted by Gasteiger charge is -2.17. The van der Waals surface area contributed by atoms with E-state index in [-0.39, 0.29) is 12.7 Å². The average molecular weight is 378 g/mol. The minimum absolute atomic E-state index is 0.278. The summed E-state index contributed by atoms with van der Waals surface area (Å²) in [6.07, 6.45) is 0. The second kappa shape index (κ2) is 7.38. The van der Waals surface area contributed by atoms with Gasteiger partial charge in [0.05, 0.1) is 30.9 Å². The van der Waals surface area contributed by atoms with Gasteiger partial charge in [0.2, 0.25) is 0 Å². The number of carbonyl (C=O) groups is 1. The quantitative estimate of drug-likeness (QED) is 0.453. The summed E-state index contributed by atoms with van der Waals surface area (Å²) >= 11 is 0. The van der Waals surface area contributed by atoms with Crippen LogP contribution in [0.4, 0.5) is 5.82 Å². The van der Waals surface area contributed by atoms with E-state index >= 15 is 0 Å². The fourth-order valence-corrected chi connectivity index (χ4v) is 3.80. The van der Waals surface area contributed by atoms with Crippen molar-refractivity contribution < 1.29 is 19.0 Å². The maximum Gasteiger partial charge on any atom is 0.355 e. The number of fused-ring (bicyclic) bond motifs is 3. The van der Waals surface area contributed by atoms with Crippen molar-refractivity contribution in [2.24, 2.45) is 0 Å². The molecule has 0 aliphatic carbocycles. The molecule has 0 unspecified atom stereocenters. The first-order valence-corrected chi connectivity index (χ1v) is 12.7. The van der Waals surface area contributed by atoms with Crippen molar-refractivity contribution >= 4 is 30.9 Å². The van der Waals surface area contributed by atoms with Crippen LogP contribution in [0, 0.1) is 0 Å². The number of hydrogen-bond donors (Lipinski definition) is 1. The lowest BCUT2D eigenvalue weighted by molar-refractivity contribution is 0.0477. The zero-order chi connectivity index (χ0) is 18.9. The molecule has 0 atom stereocenters. The number of nitrogen functional groups attached to an aromatic ring is 1. The first-order chi connectivity index (χ1) is 12.3. The maximum absolute atomic E-state index is 12.4. The van der Waals surface area contributed by atoms with Crippen molar-refractivity contribution in [2.45, 2.75) is 52.6 Å². The molecule has 0 radical (unpaired) electrons. The van der Waals surface area contributed by atoms with Gasteiger partial charge in [-0.25, -0.2) is 9.78 Å². The number of anilines is 1. The molecule has 0 aromatic carbocycles. The molecule has 2 aromatic heterocycles. The fraction of sp³-hybridized carbons (Fsp3) is 0.556. The second-order valence-electron chi connectivity index (χ2n) is 7.71. The van der Waals surface area contributed by atoms with Gasteiger partial charge < -0.3 is 24.5 Å². The number of ether oxygens (including phenoxy) is 3. The van der Waals surface area contributed by atoms with Crippen LogP contribution in [-0.4, -0.2) is 36.8 Å². The molecule has 0 fully saturated rings. The van der Waals surface area contributed by atoms with Crippen molar-refractivity contribution in [2.75, 3.05) is 18.9 Å². The normalized spacial score (nSPS) is 14.0. The summed E-state index contributed by atoms with van der Waals surface area (Å²) in [5, 5.41) is 0. The number of carbonyl (C=O) groups excluding carboxylic acids is 1. The number of hydrogen-bond acceptors (Lipinski definition) is 6. The molecule has 2 aromatic rings. The fourth-order valence-electron chi connectivity index (χ4n) is 3.05. The third kappa shape index (κ3) is 3.77. The number of nitrogens with two attached hydrogens (primary N) is 1. The summed E-state index contributed by atoms with van der Waals surface area (Å²) in [7, 11) is -1.18. The molecular weight excluding hydrogens is 350 g/mol. The minimum Gasteiger partial charge on any atom is -0.461 e. The molecule has 1 aliphatic rings. The first kappa shape index (κ1) is 18.9. The van der Waals surface area contributed by atoms with E-state index in [0.717, 1.165) is 22.7 Å². The van der Waals surface area contributed by atoms with Crippen LogP contribution in [0.25, 0.3) is 11.0 Å². The summed E-state index contributed by atoms with van der Waals surface area (Å²) in [6, 6.07) is 2.79. The van der Waals surface area contributed by atoms with Gasteiger partial charge in [-0.2, -0.15) is 0 Å². The van der Waals surface area contributed by atoms with Crippen molar-refractivity contribution in [3.8, 4) is 0 Å². The highest BCUT2D eigenvalue weighted by atomic mass is 28.3. The molecular formula is C18H27N3O4Si. The Morgan fingerprint density at radius 1 is 1.35 bits per heavy atom. The van der Waals surface area contributed by atoms with Crippen molar-refractivity contribution in [3.05, 3.63) is 22.9 Å². The Morgan fingerprint density at radius 3 is 2.77 bits per heavy atom. The monoisotopic (exact) mass is 377 g/mol. The standard InChI is InChI=1S/C18H27N3O4Si/c1-5-25-18(22)15-8-14-16(12-9-24-10-13(12)17(19)20-14)21(15)11-23-6-7-26(2,3)4/h8H,5-7,9-11H2,1-4H3,(H2,19,20). The van der Waals surface area contributed by atoms with Crippen molar-refractivity contribution in [3.63, 3.8) is 0 Å². The van der Waals surface area contributed by atoms with Crippen LogP contribution >= 0.6 is 0 Å². The minimum atomic E-state index is -1.18. The zero-order valence-corrected chi connectivity index (χ0v) is 16.9. The van der Waals surface area contributed by atoms with Crippen LogP contribution in [0.1, 0.15) is 28.5 Å². The van der Waals surface area contributed by atoms with E-state index in [4.69, 9.17) is 19.9 Å². The van der Waals surface area contributed by atoms with Crippen LogP contribution in [0.15, 0.2) is 6.07 Å². The number of aromatic nitrogens is 2. The number of pyridine rings is 1. The van der Waals surface area contributed by atoms with Crippen LogP contribution < -0.4 is 5.73 Å². The molecule has 1 aliphatic heterocycles. The van der Waals surface area contributed by atoms with Gasteiger partial charge in [-0.15, -0.1) is 0 Å². The van der Waals surface area contributed by atoms with Gasteiger partial charge in [-0.3, -0.25) is 0 Å². The molecule has 142 valence electrons. The molecule has 0 spiro atoms. The highest BCUT2D eigenvalue weighted by molar-refractivity contribution is 6.76. The number of nitrogens with zero attached hydrogens (tertiary/aromatic N) is 2. The Hall–Kier alpha value is -1.90. The molecule has 0 amide bonds. The Bertz CT molecular complexity index is 826. The largest absolute Gasteiger partial charge is 0.461 e. The number of esters is 1. The molecule has 0 saturated carbocycles. The molecule has 0 bridgehead atoms. The lowest BCUT2D eigenvalue weighted by Crippen LogP contribution is -2.22. The van der Waals surface area contributed by atoms with Gasteiger partial charge in [0, 0.05) is 25.8 Å². The Kier molecular flexibility index (Phi) is 5.36. The zero-order valence-electron chi connectivity index (χ0n) is 15.9. The molecule has 26 heavy (non-hydrogen) atoms. The van der Waals surface area contributed by atoms with Gasteiger partial charge in [0.25, 0.3) is 0 Å². The van der Waals surface area contributed by atoms with E-state index in [1.165, 1.54) is 0 Å². The van der Waals surface area contributed by atoms with Crippen LogP contribution in [-0.2, 0) is 34.2 Å². The molecule has 3 rings (SSSR count). The third-order valence-corrected chi connectivity index (χ3v) is 6.18. The Balaban J connectivity index is 1.98. The Labute approximate surface area is 154 Å². The summed E-state index contributed by atoms with van der Waals surface area (Å²) in [5.41, 5.74) is 9.89. The average Bonchev–Trinajstić information content (AvgIpc) is 3.15. The predicted molar refractivity (Wildman–Crippen MR) is 103 cm³/mol. The van der Waals surface area contributed by atoms with Gasteiger partial charge in [0.1, 0.15) is 18.2 Å². The third-order valence-electron chi connectivity index (χ3n) is 4.47. The summed E-state index contributed by atoms with van der Waals surface area (Å²) < 4.78 is 18.5. The second-order valence-corrected chi connectivity index (χ2v) is 13.3. The summed E-state index contributed by atoms with van der Waals surface area (Å²) in [5.74, 6) is 0.0720. The smallest absolute Gasteiger partial charge is 0.355 e. The SMILES string of the molecule is CCOC(=O)c1cc2nc(N)c3c(c2n1COCC[Si](C)(C)C)COC3. The van der Waals surface area contributed by atoms with Crippen LogP contribution in [0.3, 0.4) is 0 Å². The molecule has 7 nitrogen and oxygen atoms in total. The first-order valence-electron chi connectivity index (χ1n) is 8.95. The molecule has 2 N–H and O–H groups in total. The van der Waals surface area contributed by atoms with E-state index in [1.54, 1.807) is 13.0 Å².